The van der Waals surface area contributed by atoms with Crippen LogP contribution in [0.3, 0.4) is 0 Å². The van der Waals surface area contributed by atoms with Crippen molar-refractivity contribution in [2.75, 3.05) is 0 Å². The molecular weight excluding hydrogens is 257 g/mol. The Morgan fingerprint density at radius 3 is 2.83 bits per heavy atom. The second kappa shape index (κ2) is 4.95. The van der Waals surface area contributed by atoms with Gasteiger partial charge in [0.2, 0.25) is 0 Å². The third-order valence-corrected chi connectivity index (χ3v) is 3.60. The van der Waals surface area contributed by atoms with Gasteiger partial charge in [0.1, 0.15) is 5.82 Å². The molecule has 0 amide bonds. The van der Waals surface area contributed by atoms with Gasteiger partial charge in [-0.2, -0.15) is 0 Å². The maximum absolute atomic E-state index is 13.1. The summed E-state index contributed by atoms with van der Waals surface area (Å²) in [5.74, 6) is -0.411. The SMILES string of the molecule is C[C@H](O)c1cc(F)ccc1Sc1n[nH]c(=O)n1C. The van der Waals surface area contributed by atoms with Crippen molar-refractivity contribution in [2.24, 2.45) is 7.05 Å². The minimum absolute atomic E-state index is 0.321. The molecule has 1 atom stereocenters. The van der Waals surface area contributed by atoms with E-state index in [1.54, 1.807) is 20.0 Å². The van der Waals surface area contributed by atoms with Crippen LogP contribution in [0.1, 0.15) is 18.6 Å². The van der Waals surface area contributed by atoms with Crippen LogP contribution in [0.2, 0.25) is 0 Å². The number of halogens is 1. The molecule has 2 N–H and O–H groups in total. The van der Waals surface area contributed by atoms with Crippen LogP contribution in [-0.2, 0) is 7.05 Å². The van der Waals surface area contributed by atoms with E-state index in [9.17, 15) is 14.3 Å². The monoisotopic (exact) mass is 269 g/mol. The third kappa shape index (κ3) is 2.46. The summed E-state index contributed by atoms with van der Waals surface area (Å²) in [6.07, 6.45) is -0.792. The first-order valence-electron chi connectivity index (χ1n) is 5.26. The van der Waals surface area contributed by atoms with Crippen molar-refractivity contribution in [2.45, 2.75) is 23.1 Å². The number of H-pyrrole nitrogens is 1. The number of aliphatic hydroxyl groups excluding tert-OH is 1. The number of nitrogens with zero attached hydrogens (tertiary/aromatic N) is 2. The molecule has 0 bridgehead atoms. The Labute approximate surface area is 107 Å². The van der Waals surface area contributed by atoms with Crippen LogP contribution in [0.5, 0.6) is 0 Å². The average molecular weight is 269 g/mol. The van der Waals surface area contributed by atoms with Crippen LogP contribution in [0.25, 0.3) is 0 Å². The molecule has 2 rings (SSSR count). The largest absolute Gasteiger partial charge is 0.389 e. The Kier molecular flexibility index (Phi) is 3.53. The van der Waals surface area contributed by atoms with Gasteiger partial charge >= 0.3 is 5.69 Å². The van der Waals surface area contributed by atoms with E-state index in [2.05, 4.69) is 10.2 Å². The first-order chi connectivity index (χ1) is 8.49. The van der Waals surface area contributed by atoms with Gasteiger partial charge < -0.3 is 5.11 Å². The number of rotatable bonds is 3. The fourth-order valence-electron chi connectivity index (χ4n) is 1.46. The van der Waals surface area contributed by atoms with E-state index in [0.29, 0.717) is 15.6 Å². The summed E-state index contributed by atoms with van der Waals surface area (Å²) in [5.41, 5.74) is 0.147. The minimum Gasteiger partial charge on any atom is -0.389 e. The molecule has 7 heteroatoms. The average Bonchev–Trinajstić information content (AvgIpc) is 2.63. The third-order valence-electron chi connectivity index (χ3n) is 2.46. The summed E-state index contributed by atoms with van der Waals surface area (Å²) in [4.78, 5) is 11.9. The van der Waals surface area contributed by atoms with Gasteiger partial charge in [-0.15, -0.1) is 5.10 Å². The summed E-state index contributed by atoms with van der Waals surface area (Å²) in [6.45, 7) is 1.56. The predicted molar refractivity (Wildman–Crippen MR) is 65.0 cm³/mol. The number of aliphatic hydroxyl groups is 1. The van der Waals surface area contributed by atoms with Crippen molar-refractivity contribution < 1.29 is 9.50 Å². The fraction of sp³-hybridized carbons (Fsp3) is 0.273. The first-order valence-corrected chi connectivity index (χ1v) is 6.07. The smallest absolute Gasteiger partial charge is 0.343 e. The molecule has 0 unspecified atom stereocenters. The molecule has 0 aliphatic carbocycles. The van der Waals surface area contributed by atoms with Crippen LogP contribution in [-0.4, -0.2) is 19.9 Å². The highest BCUT2D eigenvalue weighted by Crippen LogP contribution is 2.31. The Balaban J connectivity index is 2.40. The lowest BCUT2D eigenvalue weighted by molar-refractivity contribution is 0.196. The Bertz CT molecular complexity index is 621. The van der Waals surface area contributed by atoms with Gasteiger partial charge in [0.05, 0.1) is 6.10 Å². The highest BCUT2D eigenvalue weighted by atomic mass is 32.2. The number of benzene rings is 1. The maximum atomic E-state index is 13.1. The van der Waals surface area contributed by atoms with Crippen molar-refractivity contribution in [3.05, 3.63) is 40.1 Å². The molecule has 0 saturated heterocycles. The predicted octanol–water partition coefficient (Wildman–Crippen LogP) is 1.45. The van der Waals surface area contributed by atoms with Crippen LogP contribution in [0.4, 0.5) is 4.39 Å². The number of aromatic amines is 1. The molecule has 0 radical (unpaired) electrons. The molecule has 0 saturated carbocycles. The Hall–Kier alpha value is -1.60. The fourth-order valence-corrected chi connectivity index (χ4v) is 2.45. The van der Waals surface area contributed by atoms with Crippen molar-refractivity contribution in [1.82, 2.24) is 14.8 Å². The zero-order valence-electron chi connectivity index (χ0n) is 9.85. The van der Waals surface area contributed by atoms with Crippen molar-refractivity contribution >= 4 is 11.8 Å². The molecule has 1 heterocycles. The molecule has 1 aromatic heterocycles. The summed E-state index contributed by atoms with van der Waals surface area (Å²) in [6, 6.07) is 4.14. The Morgan fingerprint density at radius 2 is 2.28 bits per heavy atom. The second-order valence-electron chi connectivity index (χ2n) is 3.83. The van der Waals surface area contributed by atoms with E-state index >= 15 is 0 Å². The first kappa shape index (κ1) is 12.8. The van der Waals surface area contributed by atoms with Gasteiger partial charge in [-0.1, -0.05) is 0 Å². The topological polar surface area (TPSA) is 70.9 Å². The van der Waals surface area contributed by atoms with Gasteiger partial charge in [0, 0.05) is 11.9 Å². The molecule has 96 valence electrons. The molecule has 0 spiro atoms. The van der Waals surface area contributed by atoms with E-state index in [1.165, 1.54) is 28.5 Å². The van der Waals surface area contributed by atoms with Gasteiger partial charge in [-0.3, -0.25) is 4.57 Å². The standard InChI is InChI=1S/C11H12FN3O2S/c1-6(16)8-5-7(12)3-4-9(8)18-11-14-13-10(17)15(11)2/h3-6,16H,1-2H3,(H,13,17)/t6-/m0/s1. The highest BCUT2D eigenvalue weighted by molar-refractivity contribution is 7.99. The van der Waals surface area contributed by atoms with Gasteiger partial charge in [-0.05, 0) is 42.4 Å². The zero-order chi connectivity index (χ0) is 13.3. The van der Waals surface area contributed by atoms with E-state index in [0.717, 1.165) is 0 Å². The summed E-state index contributed by atoms with van der Waals surface area (Å²) in [5, 5.41) is 16.2. The molecule has 2 aromatic rings. The van der Waals surface area contributed by atoms with E-state index in [-0.39, 0.29) is 5.69 Å². The lowest BCUT2D eigenvalue weighted by Crippen LogP contribution is -2.12. The van der Waals surface area contributed by atoms with Crippen LogP contribution < -0.4 is 5.69 Å². The van der Waals surface area contributed by atoms with Crippen molar-refractivity contribution in [3.8, 4) is 0 Å². The molecule has 5 nitrogen and oxygen atoms in total. The van der Waals surface area contributed by atoms with Gasteiger partial charge in [-0.25, -0.2) is 14.3 Å². The quantitative estimate of drug-likeness (QED) is 0.884. The van der Waals surface area contributed by atoms with Crippen molar-refractivity contribution in [3.63, 3.8) is 0 Å². The van der Waals surface area contributed by atoms with Gasteiger partial charge in [0.25, 0.3) is 0 Å². The Morgan fingerprint density at radius 1 is 1.56 bits per heavy atom. The lowest BCUT2D eigenvalue weighted by atomic mass is 10.1. The highest BCUT2D eigenvalue weighted by Gasteiger charge is 2.13. The number of nitrogens with one attached hydrogen (secondary N) is 1. The van der Waals surface area contributed by atoms with Crippen LogP contribution in [0.15, 0.2) is 33.0 Å². The minimum atomic E-state index is -0.792. The molecular formula is C11H12FN3O2S. The molecule has 1 aromatic carbocycles. The number of hydrogen-bond donors (Lipinski definition) is 2. The summed E-state index contributed by atoms with van der Waals surface area (Å²) in [7, 11) is 1.58. The summed E-state index contributed by atoms with van der Waals surface area (Å²) >= 11 is 1.19. The normalized spacial score (nSPS) is 12.7. The van der Waals surface area contributed by atoms with E-state index in [4.69, 9.17) is 0 Å². The number of aromatic nitrogens is 3. The molecule has 0 aliphatic heterocycles. The molecule has 0 fully saturated rings. The van der Waals surface area contributed by atoms with E-state index in [1.807, 2.05) is 0 Å². The van der Waals surface area contributed by atoms with Crippen LogP contribution >= 0.6 is 11.8 Å². The maximum Gasteiger partial charge on any atom is 0.343 e. The van der Waals surface area contributed by atoms with Crippen LogP contribution in [0, 0.1) is 5.82 Å². The van der Waals surface area contributed by atoms with E-state index < -0.39 is 11.9 Å². The second-order valence-corrected chi connectivity index (χ2v) is 4.84. The molecule has 18 heavy (non-hydrogen) atoms. The number of hydrogen-bond acceptors (Lipinski definition) is 4. The lowest BCUT2D eigenvalue weighted by Gasteiger charge is -2.10. The summed E-state index contributed by atoms with van der Waals surface area (Å²) < 4.78 is 14.5. The zero-order valence-corrected chi connectivity index (χ0v) is 10.7. The molecule has 0 aliphatic rings. The van der Waals surface area contributed by atoms with Gasteiger partial charge in [0.15, 0.2) is 5.16 Å². The van der Waals surface area contributed by atoms with Crippen molar-refractivity contribution in [1.29, 1.82) is 0 Å².